The lowest BCUT2D eigenvalue weighted by Gasteiger charge is -2.14. The molecule has 0 spiro atoms. The zero-order valence-electron chi connectivity index (χ0n) is 14.0. The van der Waals surface area contributed by atoms with Crippen LogP contribution >= 0.6 is 0 Å². The van der Waals surface area contributed by atoms with E-state index in [1.165, 1.54) is 0 Å². The number of carbonyl (C=O) groups is 2. The van der Waals surface area contributed by atoms with Gasteiger partial charge in [0.2, 0.25) is 0 Å². The molecule has 1 aliphatic rings. The van der Waals surface area contributed by atoms with Crippen LogP contribution in [0.15, 0.2) is 24.3 Å². The van der Waals surface area contributed by atoms with Crippen LogP contribution in [0.3, 0.4) is 0 Å². The molecule has 1 aromatic carbocycles. The molecule has 0 atom stereocenters. The third kappa shape index (κ3) is 3.58. The Labute approximate surface area is 144 Å². The number of amides is 1. The van der Waals surface area contributed by atoms with Crippen LogP contribution in [0, 0.1) is 13.8 Å². The Morgan fingerprint density at radius 2 is 1.96 bits per heavy atom. The number of anilines is 2. The average molecular weight is 341 g/mol. The Morgan fingerprint density at radius 1 is 1.20 bits per heavy atom. The Kier molecular flexibility index (Phi) is 4.62. The molecule has 0 bridgehead atoms. The molecule has 8 nitrogen and oxygen atoms in total. The molecule has 25 heavy (non-hydrogen) atoms. The Morgan fingerprint density at radius 3 is 2.56 bits per heavy atom. The van der Waals surface area contributed by atoms with Gasteiger partial charge in [0.05, 0.1) is 17.9 Å². The topological polar surface area (TPSA) is 107 Å². The highest BCUT2D eigenvalue weighted by Crippen LogP contribution is 2.22. The molecular weight excluding hydrogens is 322 g/mol. The van der Waals surface area contributed by atoms with Gasteiger partial charge >= 0.3 is 5.97 Å². The normalized spacial score (nSPS) is 13.8. The summed E-state index contributed by atoms with van der Waals surface area (Å²) in [6.07, 6.45) is 0. The standard InChI is InChI=1S/C17H19N5O3/c1-10-7-12(17(24)25)14(8-11(10)2)19-16(23)13-3-4-15(21-20-13)22-6-5-18-9-22/h3-4,7-8,18H,5-6,9H2,1-2H3,(H,19,23)(H,24,25). The van der Waals surface area contributed by atoms with Crippen molar-refractivity contribution in [3.8, 4) is 0 Å². The van der Waals surface area contributed by atoms with E-state index in [1.54, 1.807) is 24.3 Å². The summed E-state index contributed by atoms with van der Waals surface area (Å²) in [6, 6.07) is 6.50. The molecule has 1 amide bonds. The average Bonchev–Trinajstić information content (AvgIpc) is 3.12. The van der Waals surface area contributed by atoms with E-state index in [0.717, 1.165) is 24.2 Å². The largest absolute Gasteiger partial charge is 0.478 e. The first kappa shape index (κ1) is 16.8. The first-order chi connectivity index (χ1) is 12.0. The zero-order chi connectivity index (χ0) is 18.0. The number of benzene rings is 1. The number of carboxylic acid groups (broad SMARTS) is 1. The molecule has 0 unspecified atom stereocenters. The summed E-state index contributed by atoms with van der Waals surface area (Å²) in [6.45, 7) is 6.10. The zero-order valence-corrected chi connectivity index (χ0v) is 14.0. The van der Waals surface area contributed by atoms with Gasteiger partial charge in [0.15, 0.2) is 11.5 Å². The van der Waals surface area contributed by atoms with Crippen molar-refractivity contribution in [2.75, 3.05) is 30.0 Å². The first-order valence-corrected chi connectivity index (χ1v) is 7.91. The number of nitrogens with one attached hydrogen (secondary N) is 2. The molecule has 2 aromatic rings. The van der Waals surface area contributed by atoms with Crippen molar-refractivity contribution in [3.05, 3.63) is 46.6 Å². The lowest BCUT2D eigenvalue weighted by Crippen LogP contribution is -2.23. The van der Waals surface area contributed by atoms with Gasteiger partial charge in [0.1, 0.15) is 0 Å². The number of carbonyl (C=O) groups excluding carboxylic acids is 1. The summed E-state index contributed by atoms with van der Waals surface area (Å²) < 4.78 is 0. The van der Waals surface area contributed by atoms with Crippen molar-refractivity contribution in [1.82, 2.24) is 15.5 Å². The van der Waals surface area contributed by atoms with E-state index in [0.29, 0.717) is 12.5 Å². The number of carboxylic acids is 1. The number of rotatable bonds is 4. The summed E-state index contributed by atoms with van der Waals surface area (Å²) in [4.78, 5) is 25.8. The van der Waals surface area contributed by atoms with Gasteiger partial charge in [0.25, 0.3) is 5.91 Å². The van der Waals surface area contributed by atoms with Gasteiger partial charge in [0, 0.05) is 13.1 Å². The molecule has 1 aliphatic heterocycles. The molecule has 0 radical (unpaired) electrons. The van der Waals surface area contributed by atoms with Crippen molar-refractivity contribution >= 4 is 23.4 Å². The molecule has 2 heterocycles. The predicted molar refractivity (Wildman–Crippen MR) is 93.1 cm³/mol. The molecule has 130 valence electrons. The molecule has 8 heteroatoms. The van der Waals surface area contributed by atoms with Crippen molar-refractivity contribution in [2.24, 2.45) is 0 Å². The van der Waals surface area contributed by atoms with Crippen LogP contribution in [-0.2, 0) is 0 Å². The maximum Gasteiger partial charge on any atom is 0.337 e. The minimum Gasteiger partial charge on any atom is -0.478 e. The van der Waals surface area contributed by atoms with E-state index in [9.17, 15) is 14.7 Å². The summed E-state index contributed by atoms with van der Waals surface area (Å²) in [7, 11) is 0. The fraction of sp³-hybridized carbons (Fsp3) is 0.294. The Balaban J connectivity index is 1.80. The highest BCUT2D eigenvalue weighted by atomic mass is 16.4. The smallest absolute Gasteiger partial charge is 0.337 e. The monoisotopic (exact) mass is 341 g/mol. The number of nitrogens with zero attached hydrogens (tertiary/aromatic N) is 3. The van der Waals surface area contributed by atoms with Crippen molar-refractivity contribution in [3.63, 3.8) is 0 Å². The first-order valence-electron chi connectivity index (χ1n) is 7.91. The van der Waals surface area contributed by atoms with Crippen molar-refractivity contribution in [1.29, 1.82) is 0 Å². The van der Waals surface area contributed by atoms with Crippen LogP contribution in [0.2, 0.25) is 0 Å². The highest BCUT2D eigenvalue weighted by molar-refractivity contribution is 6.06. The van der Waals surface area contributed by atoms with Crippen LogP contribution < -0.4 is 15.5 Å². The molecule has 0 saturated carbocycles. The number of aromatic carboxylic acids is 1. The van der Waals surface area contributed by atoms with Gasteiger partial charge in [-0.2, -0.15) is 0 Å². The molecule has 0 aliphatic carbocycles. The van der Waals surface area contributed by atoms with E-state index in [1.807, 2.05) is 18.7 Å². The van der Waals surface area contributed by atoms with Crippen molar-refractivity contribution < 1.29 is 14.7 Å². The van der Waals surface area contributed by atoms with E-state index in [2.05, 4.69) is 20.8 Å². The van der Waals surface area contributed by atoms with Gasteiger partial charge in [-0.3, -0.25) is 10.1 Å². The minimum atomic E-state index is -1.10. The van der Waals surface area contributed by atoms with Gasteiger partial charge in [-0.1, -0.05) is 0 Å². The molecule has 3 rings (SSSR count). The fourth-order valence-electron chi connectivity index (χ4n) is 2.60. The summed E-state index contributed by atoms with van der Waals surface area (Å²) in [5, 5.41) is 23.2. The molecule has 1 aromatic heterocycles. The number of hydrogen-bond acceptors (Lipinski definition) is 6. The number of aromatic nitrogens is 2. The maximum atomic E-state index is 12.4. The SMILES string of the molecule is Cc1cc(NC(=O)c2ccc(N3CCNC3)nn2)c(C(=O)O)cc1C. The minimum absolute atomic E-state index is 0.0455. The fourth-order valence-corrected chi connectivity index (χ4v) is 2.60. The van der Waals surface area contributed by atoms with E-state index >= 15 is 0 Å². The quantitative estimate of drug-likeness (QED) is 0.772. The molecule has 1 saturated heterocycles. The third-order valence-electron chi connectivity index (χ3n) is 4.18. The Hall–Kier alpha value is -3.00. The van der Waals surface area contributed by atoms with Crippen LogP contribution in [0.4, 0.5) is 11.5 Å². The van der Waals surface area contributed by atoms with Gasteiger partial charge in [-0.25, -0.2) is 4.79 Å². The maximum absolute atomic E-state index is 12.4. The van der Waals surface area contributed by atoms with Crippen LogP contribution in [-0.4, -0.2) is 46.9 Å². The number of hydrogen-bond donors (Lipinski definition) is 3. The second-order valence-electron chi connectivity index (χ2n) is 5.94. The van der Waals surface area contributed by atoms with Crippen molar-refractivity contribution in [2.45, 2.75) is 13.8 Å². The summed E-state index contributed by atoms with van der Waals surface area (Å²) >= 11 is 0. The number of aryl methyl sites for hydroxylation is 2. The van der Waals surface area contributed by atoms with E-state index in [-0.39, 0.29) is 16.9 Å². The Bertz CT molecular complexity index is 814. The van der Waals surface area contributed by atoms with Crippen LogP contribution in [0.1, 0.15) is 32.0 Å². The van der Waals surface area contributed by atoms with E-state index in [4.69, 9.17) is 0 Å². The van der Waals surface area contributed by atoms with Gasteiger partial charge in [-0.15, -0.1) is 10.2 Å². The lowest BCUT2D eigenvalue weighted by atomic mass is 10.0. The van der Waals surface area contributed by atoms with Gasteiger partial charge < -0.3 is 15.3 Å². The highest BCUT2D eigenvalue weighted by Gasteiger charge is 2.18. The van der Waals surface area contributed by atoms with Crippen LogP contribution in [0.5, 0.6) is 0 Å². The lowest BCUT2D eigenvalue weighted by molar-refractivity contribution is 0.0698. The molecule has 3 N–H and O–H groups in total. The second-order valence-corrected chi connectivity index (χ2v) is 5.94. The predicted octanol–water partition coefficient (Wildman–Crippen LogP) is 1.41. The second kappa shape index (κ2) is 6.86. The molecule has 1 fully saturated rings. The van der Waals surface area contributed by atoms with E-state index < -0.39 is 11.9 Å². The summed E-state index contributed by atoms with van der Waals surface area (Å²) in [5.41, 5.74) is 2.16. The third-order valence-corrected chi connectivity index (χ3v) is 4.18. The molecular formula is C17H19N5O3. The summed E-state index contributed by atoms with van der Waals surface area (Å²) in [5.74, 6) is -0.898. The van der Waals surface area contributed by atoms with Gasteiger partial charge in [-0.05, 0) is 49.2 Å². The van der Waals surface area contributed by atoms with Crippen LogP contribution in [0.25, 0.3) is 0 Å².